The van der Waals surface area contributed by atoms with E-state index in [2.05, 4.69) is 97.6 Å². The summed E-state index contributed by atoms with van der Waals surface area (Å²) < 4.78 is 236. The van der Waals surface area contributed by atoms with Gasteiger partial charge in [0.1, 0.15) is 13.1 Å². The Morgan fingerprint density at radius 1 is 0.524 bits per heavy atom. The molecule has 0 amide bonds. The third-order valence-electron chi connectivity index (χ3n) is 10.4. The van der Waals surface area contributed by atoms with Crippen LogP contribution in [0.4, 0.5) is 52.7 Å². The van der Waals surface area contributed by atoms with E-state index in [1.165, 1.54) is 70.4 Å². The summed E-state index contributed by atoms with van der Waals surface area (Å²) >= 11 is 0. The van der Waals surface area contributed by atoms with Crippen molar-refractivity contribution in [2.24, 2.45) is 0 Å². The number of benzene rings is 2. The van der Waals surface area contributed by atoms with Crippen molar-refractivity contribution in [3.63, 3.8) is 0 Å². The van der Waals surface area contributed by atoms with Crippen LogP contribution in [0.25, 0.3) is 19.6 Å². The molecule has 4 aromatic heterocycles. The van der Waals surface area contributed by atoms with E-state index in [0.29, 0.717) is 0 Å². The minimum atomic E-state index is -6.72. The van der Waals surface area contributed by atoms with Gasteiger partial charge in [0.25, 0.3) is 0 Å². The topological polar surface area (TPSA) is 227 Å². The van der Waals surface area contributed by atoms with E-state index in [1.54, 1.807) is 0 Å². The Kier molecular flexibility index (Phi) is 30.4. The van der Waals surface area contributed by atoms with Crippen LogP contribution in [0, 0.1) is 54.2 Å². The van der Waals surface area contributed by atoms with Gasteiger partial charge in [0, 0.05) is 63.6 Å². The Balaban J connectivity index is 0.000000530. The van der Waals surface area contributed by atoms with E-state index in [-0.39, 0.29) is 44.8 Å². The quantitative estimate of drug-likeness (QED) is 0.0541. The average Bonchev–Trinajstić information content (AvgIpc) is 4.30. The Morgan fingerprint density at radius 3 is 1.23 bits per heavy atom. The number of sulfonamides is 4. The molecule has 0 N–H and O–H groups in total. The fraction of sp³-hybridized carbons (Fsp3) is 0.417. The first-order chi connectivity index (χ1) is 37.7. The summed E-state index contributed by atoms with van der Waals surface area (Å²) in [4.78, 5) is 8.71. The molecule has 36 heteroatoms. The van der Waals surface area contributed by atoms with E-state index in [0.717, 1.165) is 59.2 Å². The van der Waals surface area contributed by atoms with Gasteiger partial charge in [-0.15, -0.1) is 0 Å². The molecule has 8 rings (SSSR count). The first-order valence-corrected chi connectivity index (χ1v) is 29.3. The predicted molar refractivity (Wildman–Crippen MR) is 271 cm³/mol. The van der Waals surface area contributed by atoms with Crippen molar-refractivity contribution < 1.29 is 150 Å². The molecule has 6 heterocycles. The third kappa shape index (κ3) is 24.7. The number of hydrogen-bond donors (Lipinski definition) is 0. The fourth-order valence-corrected chi connectivity index (χ4v) is 10.4. The Bertz CT molecular complexity index is 3100. The normalized spacial score (nSPS) is 13.7. The molecular weight excluding hydrogens is 1600 g/mol. The summed E-state index contributed by atoms with van der Waals surface area (Å²) in [5.41, 5.74) is -12.7. The number of alkyl halides is 12. The fourth-order valence-electron chi connectivity index (χ4n) is 7.01. The molecule has 476 valence electrons. The monoisotopic (exact) mass is 1650 g/mol. The molecule has 2 aliphatic heterocycles. The standard InChI is InChI=1S/2C18H19N3.2C4H8O.2C2F6NO4S2.2Au/c2*1-14-10-15(2)18(16(3)11-14)21-9-8-20(13-21)12-17-6-4-5-7-19-17;2*1-2-4-5-3-1;2*3-1(4,5)14(10,11)9-15(12,13)2(6,7)8;;/h2*4-11H,12H2,1-3H3;2*1-4H2;;;;/q;;;;2*-1;2*+1. The maximum atomic E-state index is 11.4. The maximum absolute atomic E-state index is 11.4. The molecule has 0 aliphatic carbocycles. The van der Waals surface area contributed by atoms with Gasteiger partial charge >= 0.3 is 66.8 Å². The summed E-state index contributed by atoms with van der Waals surface area (Å²) in [5.74, 6) is 0. The van der Waals surface area contributed by atoms with E-state index in [4.69, 9.17) is 9.47 Å². The summed E-state index contributed by atoms with van der Waals surface area (Å²) in [5, 5.41) is 0. The first-order valence-electron chi connectivity index (χ1n) is 23.5. The number of imidazole rings is 2. The molecule has 2 aliphatic rings. The zero-order valence-electron chi connectivity index (χ0n) is 44.7. The van der Waals surface area contributed by atoms with Gasteiger partial charge in [0.2, 0.25) is 12.7 Å². The molecule has 6 aromatic rings. The Morgan fingerprint density at radius 2 is 0.893 bits per heavy atom. The third-order valence-corrected chi connectivity index (χ3v) is 15.8. The molecule has 0 radical (unpaired) electrons. The molecule has 0 bridgehead atoms. The molecule has 0 spiro atoms. The van der Waals surface area contributed by atoms with Crippen LogP contribution >= 0.6 is 0 Å². The van der Waals surface area contributed by atoms with Gasteiger partial charge in [-0.3, -0.25) is 9.97 Å². The van der Waals surface area contributed by atoms with Crippen LogP contribution in [0.3, 0.4) is 0 Å². The van der Waals surface area contributed by atoms with Crippen molar-refractivity contribution in [3.8, 4) is 11.4 Å². The molecule has 2 saturated heterocycles. The van der Waals surface area contributed by atoms with Crippen LogP contribution in [0.5, 0.6) is 0 Å². The van der Waals surface area contributed by atoms with E-state index < -0.39 is 62.1 Å². The van der Waals surface area contributed by atoms with Crippen LogP contribution in [-0.4, -0.2) is 101 Å². The molecule has 0 atom stereocenters. The number of rotatable bonds is 10. The van der Waals surface area contributed by atoms with Crippen LogP contribution in [0.1, 0.15) is 70.5 Å². The van der Waals surface area contributed by atoms with Crippen molar-refractivity contribution in [1.29, 1.82) is 0 Å². The maximum Gasteiger partial charge on any atom is 1.00 e. The predicted octanol–water partition coefficient (Wildman–Crippen LogP) is 9.57. The van der Waals surface area contributed by atoms with E-state index in [1.807, 2.05) is 82.7 Å². The number of ether oxygens (including phenoxy) is 2. The van der Waals surface area contributed by atoms with Crippen LogP contribution in [0.2, 0.25) is 0 Å². The van der Waals surface area contributed by atoms with Crippen LogP contribution in [0.15, 0.2) is 97.8 Å². The Labute approximate surface area is 509 Å². The molecular formula is C48H54Au2F12N8O10S4. The summed E-state index contributed by atoms with van der Waals surface area (Å²) in [6, 6.07) is 20.8. The largest absolute Gasteiger partial charge is 1.00 e. The zero-order valence-corrected chi connectivity index (χ0v) is 52.3. The second-order valence-electron chi connectivity index (χ2n) is 17.4. The number of halogens is 12. The van der Waals surface area contributed by atoms with Crippen molar-refractivity contribution in [1.82, 2.24) is 19.1 Å². The van der Waals surface area contributed by atoms with Gasteiger partial charge in [0.05, 0.1) is 22.8 Å². The summed E-state index contributed by atoms with van der Waals surface area (Å²) in [6.45, 7) is 18.3. The van der Waals surface area contributed by atoms with Gasteiger partial charge < -0.3 is 36.0 Å². The summed E-state index contributed by atoms with van der Waals surface area (Å²) in [6.07, 6.45) is 23.7. The molecule has 2 aromatic carbocycles. The molecule has 2 fully saturated rings. The minimum absolute atomic E-state index is 0. The molecule has 84 heavy (non-hydrogen) atoms. The number of aromatic nitrogens is 6. The van der Waals surface area contributed by atoms with Gasteiger partial charge in [0.15, 0.2) is 40.1 Å². The number of nitrogens with zero attached hydrogens (tertiary/aromatic N) is 8. The van der Waals surface area contributed by atoms with Crippen LogP contribution < -0.4 is 9.13 Å². The number of pyridine rings is 2. The van der Waals surface area contributed by atoms with Crippen molar-refractivity contribution in [2.45, 2.75) is 102 Å². The van der Waals surface area contributed by atoms with Crippen LogP contribution in [-0.2, 0) is 107 Å². The molecule has 18 nitrogen and oxygen atoms in total. The number of hydrogen-bond acceptors (Lipinski definition) is 12. The second kappa shape index (κ2) is 33.0. The average molecular weight is 1650 g/mol. The van der Waals surface area contributed by atoms with Gasteiger partial charge in [-0.05, 0) is 114 Å². The van der Waals surface area contributed by atoms with Gasteiger partial charge in [-0.2, -0.15) is 52.7 Å². The van der Waals surface area contributed by atoms with Gasteiger partial charge in [-0.25, -0.2) is 33.7 Å². The number of aryl methyl sites for hydroxylation is 6. The molecule has 0 saturated carbocycles. The minimum Gasteiger partial charge on any atom is -0.421 e. The SMILES string of the molecule is C1CCOC1.C1CCOC1.Cc1cc(C)c(-[n+]2[c-]n(Cc3ccccn3)cc2)c(C)c1.Cc1cc(C)c(-n2[c-][n+](Cc3ccccn3)cc2)c(C)c1.O=S(=O)([N-]S(=O)(=O)C(F)(F)F)C(F)(F)F.O=S(=O)([N-]S(=O)(=O)C(F)(F)F)C(F)(F)F.[Au+].[Au+]. The summed E-state index contributed by atoms with van der Waals surface area (Å²) in [7, 11) is -26.9. The zero-order chi connectivity index (χ0) is 62.1. The smallest absolute Gasteiger partial charge is 0.421 e. The van der Waals surface area contributed by atoms with Crippen molar-refractivity contribution in [3.05, 3.63) is 164 Å². The van der Waals surface area contributed by atoms with Gasteiger partial charge in [-0.1, -0.05) is 47.5 Å². The second-order valence-corrected chi connectivity index (χ2v) is 24.2. The van der Waals surface area contributed by atoms with E-state index >= 15 is 0 Å². The van der Waals surface area contributed by atoms with E-state index in [9.17, 15) is 86.4 Å². The first kappa shape index (κ1) is 77.5. The Hall–Kier alpha value is -4.56. The van der Waals surface area contributed by atoms with Crippen molar-refractivity contribution in [2.75, 3.05) is 26.4 Å². The molecule has 0 unspecified atom stereocenters. The van der Waals surface area contributed by atoms with Crippen molar-refractivity contribution >= 4 is 40.1 Å².